The average Bonchev–Trinajstić information content (AvgIpc) is 2.26. The number of rotatable bonds is 3. The Balaban J connectivity index is 0.00000112. The van der Waals surface area contributed by atoms with Crippen LogP contribution in [0.1, 0.15) is 14.8 Å². The molecule has 0 aliphatic heterocycles. The second-order valence-electron chi connectivity index (χ2n) is 3.36. The van der Waals surface area contributed by atoms with Gasteiger partial charge in [0.1, 0.15) is 0 Å². The quantitative estimate of drug-likeness (QED) is 0.799. The van der Waals surface area contributed by atoms with Crippen molar-refractivity contribution in [2.45, 2.75) is 13.3 Å². The van der Waals surface area contributed by atoms with Crippen molar-refractivity contribution in [3.8, 4) is 0 Å². The molecule has 2 aromatic rings. The van der Waals surface area contributed by atoms with Crippen molar-refractivity contribution >= 4 is 16.5 Å². The van der Waals surface area contributed by atoms with Crippen LogP contribution in [-0.2, 0) is 0 Å². The molecule has 2 heteroatoms. The minimum atomic E-state index is 0. The van der Waals surface area contributed by atoms with Gasteiger partial charge in [-0.1, -0.05) is 13.0 Å². The van der Waals surface area contributed by atoms with Crippen LogP contribution < -0.4 is 5.32 Å². The molecule has 0 atom stereocenters. The van der Waals surface area contributed by atoms with Gasteiger partial charge in [0, 0.05) is 31.4 Å². The normalized spacial score (nSPS) is 10.4. The molecule has 1 N–H and O–H groups in total. The predicted octanol–water partition coefficient (Wildman–Crippen LogP) is 3.30. The molecule has 0 bridgehead atoms. The van der Waals surface area contributed by atoms with Gasteiger partial charge in [-0.3, -0.25) is 4.98 Å². The number of benzene rings is 1. The Bertz CT molecular complexity index is 429. The Hall–Kier alpha value is -1.57. The molecule has 0 aliphatic carbocycles. The molecule has 14 heavy (non-hydrogen) atoms. The summed E-state index contributed by atoms with van der Waals surface area (Å²) in [5, 5.41) is 5.79. The first-order valence-corrected chi connectivity index (χ1v) is 4.98. The number of hydrogen-bond donors (Lipinski definition) is 1. The number of nitrogens with zero attached hydrogens (tertiary/aromatic N) is 1. The van der Waals surface area contributed by atoms with Gasteiger partial charge in [0.2, 0.25) is 0 Å². The lowest BCUT2D eigenvalue weighted by Crippen LogP contribution is -1.98. The number of hydrogen-bond acceptors (Lipinski definition) is 2. The molecule has 0 fully saturated rings. The molecule has 1 aromatic heterocycles. The van der Waals surface area contributed by atoms with Crippen LogP contribution in [0.25, 0.3) is 10.8 Å². The second kappa shape index (κ2) is 4.09. The van der Waals surface area contributed by atoms with E-state index in [0.717, 1.165) is 13.0 Å². The SMILES string of the molecule is CCCNc1ccc2cnccc2c1.[HH]. The maximum absolute atomic E-state index is 4.08. The van der Waals surface area contributed by atoms with Crippen LogP contribution in [0.15, 0.2) is 36.7 Å². The van der Waals surface area contributed by atoms with Crippen molar-refractivity contribution in [1.82, 2.24) is 4.98 Å². The van der Waals surface area contributed by atoms with Gasteiger partial charge in [0.15, 0.2) is 0 Å². The van der Waals surface area contributed by atoms with Gasteiger partial charge in [0.25, 0.3) is 0 Å². The Morgan fingerprint density at radius 1 is 1.29 bits per heavy atom. The summed E-state index contributed by atoms with van der Waals surface area (Å²) in [4.78, 5) is 4.08. The largest absolute Gasteiger partial charge is 0.385 e. The van der Waals surface area contributed by atoms with Crippen LogP contribution in [0, 0.1) is 0 Å². The fourth-order valence-corrected chi connectivity index (χ4v) is 1.46. The van der Waals surface area contributed by atoms with E-state index in [-0.39, 0.29) is 1.43 Å². The summed E-state index contributed by atoms with van der Waals surface area (Å²) in [6.45, 7) is 3.19. The number of aromatic nitrogens is 1. The lowest BCUT2D eigenvalue weighted by atomic mass is 10.1. The van der Waals surface area contributed by atoms with Crippen molar-refractivity contribution in [1.29, 1.82) is 0 Å². The third kappa shape index (κ3) is 1.84. The maximum atomic E-state index is 4.08. The third-order valence-electron chi connectivity index (χ3n) is 2.22. The van der Waals surface area contributed by atoms with Gasteiger partial charge in [-0.15, -0.1) is 0 Å². The van der Waals surface area contributed by atoms with E-state index in [1.807, 2.05) is 18.5 Å². The molecular formula is C12H16N2. The van der Waals surface area contributed by atoms with Crippen molar-refractivity contribution in [2.75, 3.05) is 11.9 Å². The predicted molar refractivity (Wildman–Crippen MR) is 62.6 cm³/mol. The van der Waals surface area contributed by atoms with Crippen molar-refractivity contribution in [2.24, 2.45) is 0 Å². The summed E-state index contributed by atoms with van der Waals surface area (Å²) in [6, 6.07) is 8.39. The summed E-state index contributed by atoms with van der Waals surface area (Å²) in [5.74, 6) is 0. The lowest BCUT2D eigenvalue weighted by Gasteiger charge is -2.05. The maximum Gasteiger partial charge on any atom is 0.0346 e. The van der Waals surface area contributed by atoms with Crippen molar-refractivity contribution < 1.29 is 1.43 Å². The van der Waals surface area contributed by atoms with E-state index in [9.17, 15) is 0 Å². The van der Waals surface area contributed by atoms with Crippen molar-refractivity contribution in [3.63, 3.8) is 0 Å². The highest BCUT2D eigenvalue weighted by molar-refractivity contribution is 5.84. The summed E-state index contributed by atoms with van der Waals surface area (Å²) in [6.07, 6.45) is 4.86. The molecule has 0 saturated carbocycles. The molecular weight excluding hydrogens is 172 g/mol. The minimum absolute atomic E-state index is 0. The van der Waals surface area contributed by atoms with Gasteiger partial charge in [0.05, 0.1) is 0 Å². The molecule has 0 aliphatic rings. The number of fused-ring (bicyclic) bond motifs is 1. The molecule has 2 rings (SSSR count). The lowest BCUT2D eigenvalue weighted by molar-refractivity contribution is 0.980. The fourth-order valence-electron chi connectivity index (χ4n) is 1.46. The summed E-state index contributed by atoms with van der Waals surface area (Å²) in [5.41, 5.74) is 1.19. The van der Waals surface area contributed by atoms with E-state index in [1.54, 1.807) is 0 Å². The first kappa shape index (κ1) is 9.00. The molecule has 0 saturated heterocycles. The topological polar surface area (TPSA) is 24.9 Å². The van der Waals surface area contributed by atoms with Crippen LogP contribution in [-0.4, -0.2) is 11.5 Å². The smallest absolute Gasteiger partial charge is 0.0346 e. The molecule has 2 nitrogen and oxygen atoms in total. The van der Waals surface area contributed by atoms with Gasteiger partial charge in [-0.2, -0.15) is 0 Å². The first-order valence-electron chi connectivity index (χ1n) is 4.98. The molecule has 0 amide bonds. The zero-order valence-electron chi connectivity index (χ0n) is 8.33. The Labute approximate surface area is 85.5 Å². The molecule has 0 radical (unpaired) electrons. The van der Waals surface area contributed by atoms with Crippen molar-refractivity contribution in [3.05, 3.63) is 36.7 Å². The van der Waals surface area contributed by atoms with Gasteiger partial charge >= 0.3 is 0 Å². The van der Waals surface area contributed by atoms with Gasteiger partial charge < -0.3 is 5.32 Å². The highest BCUT2D eigenvalue weighted by Crippen LogP contribution is 2.17. The monoisotopic (exact) mass is 188 g/mol. The Kier molecular flexibility index (Phi) is 2.63. The minimum Gasteiger partial charge on any atom is -0.385 e. The number of nitrogens with one attached hydrogen (secondary N) is 1. The Morgan fingerprint density at radius 2 is 2.21 bits per heavy atom. The number of anilines is 1. The van der Waals surface area contributed by atoms with Crippen LogP contribution >= 0.6 is 0 Å². The van der Waals surface area contributed by atoms with E-state index < -0.39 is 0 Å². The standard InChI is InChI=1S/C12H14N2.H2/c1-2-6-14-12-4-3-11-9-13-7-5-10(11)8-12;/h3-5,7-9,14H,2,6H2,1H3;1H. The molecule has 1 heterocycles. The Morgan fingerprint density at radius 3 is 3.07 bits per heavy atom. The highest BCUT2D eigenvalue weighted by atomic mass is 14.9. The summed E-state index contributed by atoms with van der Waals surface area (Å²) >= 11 is 0. The zero-order chi connectivity index (χ0) is 9.80. The molecule has 74 valence electrons. The first-order chi connectivity index (χ1) is 6.90. The van der Waals surface area contributed by atoms with E-state index in [1.165, 1.54) is 16.5 Å². The van der Waals surface area contributed by atoms with Gasteiger partial charge in [-0.05, 0) is 30.0 Å². The van der Waals surface area contributed by atoms with E-state index in [2.05, 4.69) is 35.4 Å². The molecule has 0 unspecified atom stereocenters. The fraction of sp³-hybridized carbons (Fsp3) is 0.250. The summed E-state index contributed by atoms with van der Waals surface area (Å²) < 4.78 is 0. The van der Waals surface area contributed by atoms with E-state index >= 15 is 0 Å². The van der Waals surface area contributed by atoms with E-state index in [0.29, 0.717) is 0 Å². The molecule has 0 spiro atoms. The zero-order valence-corrected chi connectivity index (χ0v) is 8.33. The third-order valence-corrected chi connectivity index (χ3v) is 2.22. The van der Waals surface area contributed by atoms with Gasteiger partial charge in [-0.25, -0.2) is 0 Å². The average molecular weight is 188 g/mol. The van der Waals surface area contributed by atoms with Crippen LogP contribution in [0.5, 0.6) is 0 Å². The molecule has 1 aromatic carbocycles. The van der Waals surface area contributed by atoms with Crippen LogP contribution in [0.2, 0.25) is 0 Å². The highest BCUT2D eigenvalue weighted by Gasteiger charge is 1.94. The van der Waals surface area contributed by atoms with E-state index in [4.69, 9.17) is 0 Å². The second-order valence-corrected chi connectivity index (χ2v) is 3.36. The number of pyridine rings is 1. The summed E-state index contributed by atoms with van der Waals surface area (Å²) in [7, 11) is 0. The van der Waals surface area contributed by atoms with Crippen LogP contribution in [0.3, 0.4) is 0 Å². The van der Waals surface area contributed by atoms with Crippen LogP contribution in [0.4, 0.5) is 5.69 Å².